The van der Waals surface area contributed by atoms with Gasteiger partial charge in [0.2, 0.25) is 0 Å². The van der Waals surface area contributed by atoms with Crippen molar-refractivity contribution < 1.29 is 22.4 Å². The van der Waals surface area contributed by atoms with Crippen LogP contribution in [0.3, 0.4) is 0 Å². The Morgan fingerprint density at radius 1 is 1.22 bits per heavy atom. The fourth-order valence-electron chi connectivity index (χ4n) is 2.76. The van der Waals surface area contributed by atoms with Crippen LogP contribution in [0.2, 0.25) is 0 Å². The highest BCUT2D eigenvalue weighted by molar-refractivity contribution is 9.10. The number of likely N-dealkylation sites (N-methyl/N-ethyl adjacent to an activating group) is 1. The normalized spacial score (nSPS) is 12.5. The summed E-state index contributed by atoms with van der Waals surface area (Å²) in [7, 11) is 1.52. The van der Waals surface area contributed by atoms with Crippen molar-refractivity contribution in [3.05, 3.63) is 82.1 Å². The van der Waals surface area contributed by atoms with Crippen LogP contribution in [-0.2, 0) is 6.18 Å². The molecule has 0 spiro atoms. The van der Waals surface area contributed by atoms with E-state index in [-0.39, 0.29) is 28.3 Å². The van der Waals surface area contributed by atoms with Crippen molar-refractivity contribution in [2.24, 2.45) is 0 Å². The number of carbonyl (C=O) groups is 1. The fourth-order valence-corrected chi connectivity index (χ4v) is 3.26. The van der Waals surface area contributed by atoms with Crippen LogP contribution in [0.25, 0.3) is 0 Å². The van der Waals surface area contributed by atoms with E-state index in [1.54, 1.807) is 18.2 Å². The first kappa shape index (κ1) is 21.2. The summed E-state index contributed by atoms with van der Waals surface area (Å²) in [6.45, 7) is 3.95. The highest BCUT2D eigenvalue weighted by Crippen LogP contribution is 2.32. The highest BCUT2D eigenvalue weighted by Gasteiger charge is 2.32. The molecule has 0 N–H and O–H groups in total. The zero-order chi connectivity index (χ0) is 20.2. The number of alkyl halides is 3. The van der Waals surface area contributed by atoms with Gasteiger partial charge in [0.05, 0.1) is 5.56 Å². The van der Waals surface area contributed by atoms with Crippen LogP contribution in [0.5, 0.6) is 0 Å². The first-order valence-electron chi connectivity index (χ1n) is 8.11. The summed E-state index contributed by atoms with van der Waals surface area (Å²) < 4.78 is 52.3. The van der Waals surface area contributed by atoms with E-state index in [2.05, 4.69) is 22.5 Å². The van der Waals surface area contributed by atoms with E-state index < -0.39 is 17.6 Å². The van der Waals surface area contributed by atoms with E-state index >= 15 is 0 Å². The van der Waals surface area contributed by atoms with Crippen LogP contribution in [0.1, 0.15) is 33.8 Å². The topological polar surface area (TPSA) is 20.3 Å². The summed E-state index contributed by atoms with van der Waals surface area (Å²) >= 11 is 3.02. The molecule has 0 aliphatic carbocycles. The third-order valence-electron chi connectivity index (χ3n) is 4.11. The van der Waals surface area contributed by atoms with Gasteiger partial charge in [0, 0.05) is 29.5 Å². The minimum absolute atomic E-state index is 0.0596. The van der Waals surface area contributed by atoms with Gasteiger partial charge < -0.3 is 4.90 Å². The van der Waals surface area contributed by atoms with Crippen molar-refractivity contribution in [2.75, 3.05) is 13.6 Å². The van der Waals surface area contributed by atoms with Crippen LogP contribution in [0, 0.1) is 5.82 Å². The van der Waals surface area contributed by atoms with Crippen molar-refractivity contribution >= 4 is 21.8 Å². The van der Waals surface area contributed by atoms with Crippen molar-refractivity contribution in [1.29, 1.82) is 0 Å². The molecule has 0 heterocycles. The van der Waals surface area contributed by atoms with Crippen LogP contribution in [0.15, 0.2) is 59.6 Å². The number of halogens is 5. The Kier molecular flexibility index (Phi) is 6.81. The molecular formula is C20H18BrF4NO. The van der Waals surface area contributed by atoms with E-state index in [1.807, 2.05) is 0 Å². The lowest BCUT2D eigenvalue weighted by atomic mass is 9.95. The zero-order valence-corrected chi connectivity index (χ0v) is 16.1. The van der Waals surface area contributed by atoms with Gasteiger partial charge in [0.15, 0.2) is 0 Å². The standard InChI is InChI=1S/C20H18BrF4NO/c1-3-4-14(13-5-7-18(22)8-6-13)12-26(2)19(27)15-9-16(20(23,24)25)11-17(21)10-15/h3,5-11,14H,1,4,12H2,2H3/t14-/m1/s1. The average molecular weight is 444 g/mol. The molecule has 7 heteroatoms. The van der Waals surface area contributed by atoms with Crippen LogP contribution < -0.4 is 0 Å². The third-order valence-corrected chi connectivity index (χ3v) is 4.56. The molecular weight excluding hydrogens is 426 g/mol. The predicted octanol–water partition coefficient (Wildman–Crippen LogP) is 6.04. The molecule has 0 aromatic heterocycles. The minimum atomic E-state index is -4.54. The maximum atomic E-state index is 13.1. The molecule has 1 amide bonds. The summed E-state index contributed by atoms with van der Waals surface area (Å²) in [5, 5.41) is 0. The molecule has 0 aliphatic heterocycles. The molecule has 0 aliphatic rings. The Hall–Kier alpha value is -2.15. The first-order valence-corrected chi connectivity index (χ1v) is 8.90. The lowest BCUT2D eigenvalue weighted by Crippen LogP contribution is -2.31. The van der Waals surface area contributed by atoms with Gasteiger partial charge in [-0.15, -0.1) is 6.58 Å². The summed E-state index contributed by atoms with van der Waals surface area (Å²) in [5.41, 5.74) is -0.133. The molecule has 0 fully saturated rings. The molecule has 0 radical (unpaired) electrons. The van der Waals surface area contributed by atoms with Gasteiger partial charge in [-0.2, -0.15) is 13.2 Å². The second-order valence-corrected chi connectivity index (χ2v) is 7.10. The maximum Gasteiger partial charge on any atom is 0.416 e. The van der Waals surface area contributed by atoms with Gasteiger partial charge in [0.1, 0.15) is 5.82 Å². The zero-order valence-electron chi connectivity index (χ0n) is 14.6. The molecule has 0 saturated carbocycles. The Morgan fingerprint density at radius 2 is 1.85 bits per heavy atom. The fraction of sp³-hybridized carbons (Fsp3) is 0.250. The Morgan fingerprint density at radius 3 is 2.41 bits per heavy atom. The van der Waals surface area contributed by atoms with Gasteiger partial charge in [-0.25, -0.2) is 4.39 Å². The minimum Gasteiger partial charge on any atom is -0.341 e. The molecule has 2 aromatic carbocycles. The van der Waals surface area contributed by atoms with E-state index in [0.717, 1.165) is 17.7 Å². The van der Waals surface area contributed by atoms with E-state index in [9.17, 15) is 22.4 Å². The lowest BCUT2D eigenvalue weighted by molar-refractivity contribution is -0.137. The highest BCUT2D eigenvalue weighted by atomic mass is 79.9. The van der Waals surface area contributed by atoms with Crippen molar-refractivity contribution in [2.45, 2.75) is 18.5 Å². The van der Waals surface area contributed by atoms with E-state index in [1.165, 1.54) is 30.1 Å². The number of nitrogens with zero attached hydrogens (tertiary/aromatic N) is 1. The molecule has 27 heavy (non-hydrogen) atoms. The van der Waals surface area contributed by atoms with Gasteiger partial charge >= 0.3 is 6.18 Å². The number of amides is 1. The number of carbonyl (C=O) groups excluding carboxylic acids is 1. The maximum absolute atomic E-state index is 13.1. The molecule has 2 nitrogen and oxygen atoms in total. The smallest absolute Gasteiger partial charge is 0.341 e. The van der Waals surface area contributed by atoms with E-state index in [4.69, 9.17) is 0 Å². The molecule has 1 atom stereocenters. The summed E-state index contributed by atoms with van der Waals surface area (Å²) in [6, 6.07) is 9.04. The van der Waals surface area contributed by atoms with Crippen LogP contribution in [-0.4, -0.2) is 24.4 Å². The quantitative estimate of drug-likeness (QED) is 0.393. The average Bonchev–Trinajstić information content (AvgIpc) is 2.60. The number of allylic oxidation sites excluding steroid dienone is 1. The van der Waals surface area contributed by atoms with E-state index in [0.29, 0.717) is 6.42 Å². The first-order chi connectivity index (χ1) is 12.6. The summed E-state index contributed by atoms with van der Waals surface area (Å²) in [4.78, 5) is 14.0. The predicted molar refractivity (Wildman–Crippen MR) is 100 cm³/mol. The Balaban J connectivity index is 2.24. The van der Waals surface area contributed by atoms with Crippen LogP contribution >= 0.6 is 15.9 Å². The van der Waals surface area contributed by atoms with Gasteiger partial charge in [0.25, 0.3) is 5.91 Å². The number of rotatable bonds is 6. The molecule has 2 rings (SSSR count). The molecule has 2 aromatic rings. The summed E-state index contributed by atoms with van der Waals surface area (Å²) in [6.07, 6.45) is -2.32. The summed E-state index contributed by atoms with van der Waals surface area (Å²) in [5.74, 6) is -1.04. The Bertz CT molecular complexity index is 818. The third kappa shape index (κ3) is 5.66. The second-order valence-electron chi connectivity index (χ2n) is 6.18. The Labute approximate surface area is 163 Å². The van der Waals surface area contributed by atoms with Gasteiger partial charge in [-0.3, -0.25) is 4.79 Å². The van der Waals surface area contributed by atoms with Crippen molar-refractivity contribution in [1.82, 2.24) is 4.90 Å². The molecule has 0 saturated heterocycles. The van der Waals surface area contributed by atoms with Gasteiger partial charge in [-0.1, -0.05) is 34.1 Å². The second kappa shape index (κ2) is 8.69. The lowest BCUT2D eigenvalue weighted by Gasteiger charge is -2.24. The monoisotopic (exact) mass is 443 g/mol. The number of hydrogen-bond donors (Lipinski definition) is 0. The number of benzene rings is 2. The number of hydrogen-bond acceptors (Lipinski definition) is 1. The van der Waals surface area contributed by atoms with Crippen molar-refractivity contribution in [3.8, 4) is 0 Å². The van der Waals surface area contributed by atoms with Gasteiger partial charge in [-0.05, 0) is 42.3 Å². The largest absolute Gasteiger partial charge is 0.416 e. The molecule has 0 unspecified atom stereocenters. The van der Waals surface area contributed by atoms with Crippen molar-refractivity contribution in [3.63, 3.8) is 0 Å². The molecule has 0 bridgehead atoms. The molecule has 144 valence electrons. The van der Waals surface area contributed by atoms with Crippen LogP contribution in [0.4, 0.5) is 17.6 Å². The SMILES string of the molecule is C=CC[C@H](CN(C)C(=O)c1cc(Br)cc(C(F)(F)F)c1)c1ccc(F)cc1.